The molecule has 98 valence electrons. The molecule has 2 N–H and O–H groups in total. The quantitative estimate of drug-likeness (QED) is 0.804. The average Bonchev–Trinajstić information content (AvgIpc) is 2.89. The van der Waals surface area contributed by atoms with Gasteiger partial charge in [0.15, 0.2) is 0 Å². The van der Waals surface area contributed by atoms with E-state index >= 15 is 0 Å². The predicted molar refractivity (Wildman–Crippen MR) is 77.1 cm³/mol. The summed E-state index contributed by atoms with van der Waals surface area (Å²) >= 11 is 1.69. The molecule has 1 amide bonds. The highest BCUT2D eigenvalue weighted by Crippen LogP contribution is 2.24. The van der Waals surface area contributed by atoms with Gasteiger partial charge >= 0.3 is 0 Å². The fraction of sp³-hybridized carbons (Fsp3) is 0.500. The van der Waals surface area contributed by atoms with E-state index in [0.717, 1.165) is 18.5 Å². The van der Waals surface area contributed by atoms with Crippen LogP contribution in [-0.4, -0.2) is 24.7 Å². The standard InChI is InChI=1S/C14H20N2OS/c1-18-13-9-5-4-8-12(13)15-10-14(17)16-11-6-2-3-7-11/h4-5,8-9,11,15H,2-3,6-7,10H2,1H3,(H,16,17). The van der Waals surface area contributed by atoms with Crippen molar-refractivity contribution in [2.75, 3.05) is 18.1 Å². The van der Waals surface area contributed by atoms with Crippen LogP contribution in [0.5, 0.6) is 0 Å². The molecule has 18 heavy (non-hydrogen) atoms. The Morgan fingerprint density at radius 1 is 1.33 bits per heavy atom. The Balaban J connectivity index is 1.81. The number of anilines is 1. The number of para-hydroxylation sites is 1. The third kappa shape index (κ3) is 3.67. The van der Waals surface area contributed by atoms with Crippen molar-refractivity contribution in [2.45, 2.75) is 36.6 Å². The molecule has 0 bridgehead atoms. The van der Waals surface area contributed by atoms with Gasteiger partial charge in [-0.1, -0.05) is 25.0 Å². The Bertz CT molecular complexity index is 403. The van der Waals surface area contributed by atoms with Crippen LogP contribution in [-0.2, 0) is 4.79 Å². The van der Waals surface area contributed by atoms with Crippen LogP contribution in [0.4, 0.5) is 5.69 Å². The number of hydrogen-bond acceptors (Lipinski definition) is 3. The smallest absolute Gasteiger partial charge is 0.239 e. The van der Waals surface area contributed by atoms with Gasteiger partial charge in [-0.3, -0.25) is 4.79 Å². The van der Waals surface area contributed by atoms with Crippen LogP contribution in [0.2, 0.25) is 0 Å². The molecule has 0 aliphatic heterocycles. The third-order valence-corrected chi connectivity index (χ3v) is 4.06. The van der Waals surface area contributed by atoms with Crippen LogP contribution in [0.15, 0.2) is 29.2 Å². The van der Waals surface area contributed by atoms with Gasteiger partial charge in [0, 0.05) is 16.6 Å². The number of carbonyl (C=O) groups is 1. The highest BCUT2D eigenvalue weighted by Gasteiger charge is 2.16. The Hall–Kier alpha value is -1.16. The Kier molecular flexibility index (Phi) is 4.93. The van der Waals surface area contributed by atoms with E-state index in [1.807, 2.05) is 24.5 Å². The lowest BCUT2D eigenvalue weighted by Gasteiger charge is -2.14. The molecule has 2 rings (SSSR count). The van der Waals surface area contributed by atoms with E-state index in [2.05, 4.69) is 16.7 Å². The molecule has 1 aliphatic carbocycles. The van der Waals surface area contributed by atoms with Gasteiger partial charge in [0.25, 0.3) is 0 Å². The lowest BCUT2D eigenvalue weighted by molar-refractivity contribution is -0.120. The number of benzene rings is 1. The molecule has 1 aromatic carbocycles. The molecule has 0 aromatic heterocycles. The summed E-state index contributed by atoms with van der Waals surface area (Å²) in [5.74, 6) is 0.0952. The number of hydrogen-bond donors (Lipinski definition) is 2. The lowest BCUT2D eigenvalue weighted by atomic mass is 10.2. The maximum Gasteiger partial charge on any atom is 0.239 e. The molecule has 1 aromatic rings. The number of nitrogens with one attached hydrogen (secondary N) is 2. The first kappa shape index (κ1) is 13.3. The van der Waals surface area contributed by atoms with Crippen LogP contribution >= 0.6 is 11.8 Å². The summed E-state index contributed by atoms with van der Waals surface area (Å²) in [6, 6.07) is 8.46. The van der Waals surface area contributed by atoms with Gasteiger partial charge in [-0.05, 0) is 31.2 Å². The van der Waals surface area contributed by atoms with Crippen molar-refractivity contribution in [1.82, 2.24) is 5.32 Å². The van der Waals surface area contributed by atoms with E-state index < -0.39 is 0 Å². The molecule has 1 saturated carbocycles. The zero-order valence-electron chi connectivity index (χ0n) is 10.7. The zero-order valence-corrected chi connectivity index (χ0v) is 11.6. The zero-order chi connectivity index (χ0) is 12.8. The molecule has 0 radical (unpaired) electrons. The normalized spacial score (nSPS) is 15.6. The fourth-order valence-electron chi connectivity index (χ4n) is 2.32. The molecule has 0 unspecified atom stereocenters. The van der Waals surface area contributed by atoms with Crippen molar-refractivity contribution in [3.63, 3.8) is 0 Å². The topological polar surface area (TPSA) is 41.1 Å². The molecule has 4 heteroatoms. The van der Waals surface area contributed by atoms with Crippen LogP contribution in [0.3, 0.4) is 0 Å². The first-order valence-corrected chi connectivity index (χ1v) is 7.68. The van der Waals surface area contributed by atoms with Crippen molar-refractivity contribution in [3.8, 4) is 0 Å². The van der Waals surface area contributed by atoms with Crippen LogP contribution in [0.25, 0.3) is 0 Å². The highest BCUT2D eigenvalue weighted by atomic mass is 32.2. The SMILES string of the molecule is CSc1ccccc1NCC(=O)NC1CCCC1. The van der Waals surface area contributed by atoms with Gasteiger partial charge in [-0.25, -0.2) is 0 Å². The number of rotatable bonds is 5. The van der Waals surface area contributed by atoms with E-state index in [1.165, 1.54) is 17.7 Å². The molecule has 0 atom stereocenters. The molecular formula is C14H20N2OS. The summed E-state index contributed by atoms with van der Waals surface area (Å²) in [6.07, 6.45) is 6.79. The summed E-state index contributed by atoms with van der Waals surface area (Å²) in [6.45, 7) is 0.355. The van der Waals surface area contributed by atoms with E-state index in [0.29, 0.717) is 12.6 Å². The summed E-state index contributed by atoms with van der Waals surface area (Å²) in [5, 5.41) is 6.28. The largest absolute Gasteiger partial charge is 0.375 e. The number of thioether (sulfide) groups is 1. The summed E-state index contributed by atoms with van der Waals surface area (Å²) in [5.41, 5.74) is 1.03. The second-order valence-corrected chi connectivity index (χ2v) is 5.45. The van der Waals surface area contributed by atoms with Crippen molar-refractivity contribution in [2.24, 2.45) is 0 Å². The van der Waals surface area contributed by atoms with E-state index in [9.17, 15) is 4.79 Å². The molecule has 3 nitrogen and oxygen atoms in total. The highest BCUT2D eigenvalue weighted by molar-refractivity contribution is 7.98. The first-order chi connectivity index (χ1) is 8.79. The molecule has 0 saturated heterocycles. The summed E-state index contributed by atoms with van der Waals surface area (Å²) in [7, 11) is 0. The molecular weight excluding hydrogens is 244 g/mol. The van der Waals surface area contributed by atoms with Gasteiger partial charge in [0.1, 0.15) is 0 Å². The van der Waals surface area contributed by atoms with Crippen molar-refractivity contribution in [3.05, 3.63) is 24.3 Å². The third-order valence-electron chi connectivity index (χ3n) is 3.27. The molecule has 1 aliphatic rings. The van der Waals surface area contributed by atoms with Crippen LogP contribution in [0, 0.1) is 0 Å². The minimum atomic E-state index is 0.0952. The van der Waals surface area contributed by atoms with Crippen molar-refractivity contribution < 1.29 is 4.79 Å². The Labute approximate surface area is 113 Å². The minimum absolute atomic E-state index is 0.0952. The molecule has 1 fully saturated rings. The van der Waals surface area contributed by atoms with Crippen molar-refractivity contribution >= 4 is 23.4 Å². The lowest BCUT2D eigenvalue weighted by Crippen LogP contribution is -2.36. The van der Waals surface area contributed by atoms with E-state index in [-0.39, 0.29) is 5.91 Å². The molecule has 0 heterocycles. The van der Waals surface area contributed by atoms with Crippen LogP contribution < -0.4 is 10.6 Å². The summed E-state index contributed by atoms with van der Waals surface area (Å²) < 4.78 is 0. The fourth-order valence-corrected chi connectivity index (χ4v) is 2.89. The minimum Gasteiger partial charge on any atom is -0.375 e. The second kappa shape index (κ2) is 6.69. The maximum atomic E-state index is 11.8. The van der Waals surface area contributed by atoms with Gasteiger partial charge in [-0.15, -0.1) is 11.8 Å². The predicted octanol–water partition coefficient (Wildman–Crippen LogP) is 2.88. The van der Waals surface area contributed by atoms with Gasteiger partial charge in [-0.2, -0.15) is 0 Å². The first-order valence-electron chi connectivity index (χ1n) is 6.46. The van der Waals surface area contributed by atoms with E-state index in [4.69, 9.17) is 0 Å². The van der Waals surface area contributed by atoms with Crippen LogP contribution in [0.1, 0.15) is 25.7 Å². The monoisotopic (exact) mass is 264 g/mol. The Morgan fingerprint density at radius 3 is 2.78 bits per heavy atom. The van der Waals surface area contributed by atoms with Gasteiger partial charge < -0.3 is 10.6 Å². The van der Waals surface area contributed by atoms with Gasteiger partial charge in [0.05, 0.1) is 6.54 Å². The molecule has 0 spiro atoms. The summed E-state index contributed by atoms with van der Waals surface area (Å²) in [4.78, 5) is 13.0. The Morgan fingerprint density at radius 2 is 2.06 bits per heavy atom. The maximum absolute atomic E-state index is 11.8. The van der Waals surface area contributed by atoms with Crippen molar-refractivity contribution in [1.29, 1.82) is 0 Å². The number of carbonyl (C=O) groups excluding carboxylic acids is 1. The van der Waals surface area contributed by atoms with Gasteiger partial charge in [0.2, 0.25) is 5.91 Å². The number of amides is 1. The second-order valence-electron chi connectivity index (χ2n) is 4.60. The van der Waals surface area contributed by atoms with E-state index in [1.54, 1.807) is 11.8 Å². The average molecular weight is 264 g/mol.